The van der Waals surface area contributed by atoms with Gasteiger partial charge in [-0.15, -0.1) is 0 Å². The van der Waals surface area contributed by atoms with Gasteiger partial charge in [0.25, 0.3) is 0 Å². The van der Waals surface area contributed by atoms with Crippen LogP contribution in [-0.4, -0.2) is 9.52 Å². The average Bonchev–Trinajstić information content (AvgIpc) is 2.14. The summed E-state index contributed by atoms with van der Waals surface area (Å²) in [4.78, 5) is 0. The Balaban J connectivity index is 2.52. The van der Waals surface area contributed by atoms with E-state index >= 15 is 0 Å². The van der Waals surface area contributed by atoms with Crippen LogP contribution in [0, 0.1) is 0 Å². The highest BCUT2D eigenvalue weighted by atomic mass is 28.2. The van der Waals surface area contributed by atoms with Gasteiger partial charge >= 0.3 is 0 Å². The quantitative estimate of drug-likeness (QED) is 0.443. The first-order valence-electron chi connectivity index (χ1n) is 2.79. The van der Waals surface area contributed by atoms with Gasteiger partial charge in [0, 0.05) is 0 Å². The van der Waals surface area contributed by atoms with Crippen LogP contribution in [-0.2, 0) is 0 Å². The predicted octanol–water partition coefficient (Wildman–Crippen LogP) is 1.05. The summed E-state index contributed by atoms with van der Waals surface area (Å²) in [5.74, 6) is 0. The molecule has 0 aromatic carbocycles. The van der Waals surface area contributed by atoms with Crippen molar-refractivity contribution in [2.45, 2.75) is 13.0 Å². The van der Waals surface area contributed by atoms with E-state index in [1.54, 1.807) is 5.20 Å². The Morgan fingerprint density at radius 3 is 2.86 bits per heavy atom. The molecule has 0 aromatic rings. The van der Waals surface area contributed by atoms with Gasteiger partial charge in [-0.3, -0.25) is 0 Å². The Labute approximate surface area is 46.8 Å². The molecule has 0 aliphatic heterocycles. The minimum absolute atomic E-state index is 0.165. The van der Waals surface area contributed by atoms with Crippen molar-refractivity contribution in [3.8, 4) is 0 Å². The highest BCUT2D eigenvalue weighted by molar-refractivity contribution is 6.44. The molecule has 0 spiro atoms. The third kappa shape index (κ3) is 1.03. The van der Waals surface area contributed by atoms with Gasteiger partial charge in [-0.1, -0.05) is 30.0 Å². The zero-order valence-electron chi connectivity index (χ0n) is 4.65. The van der Waals surface area contributed by atoms with Crippen molar-refractivity contribution < 1.29 is 0 Å². The lowest BCUT2D eigenvalue weighted by Crippen LogP contribution is -1.80. The van der Waals surface area contributed by atoms with E-state index in [0.717, 1.165) is 0 Å². The van der Waals surface area contributed by atoms with E-state index in [2.05, 4.69) is 24.8 Å². The van der Waals surface area contributed by atoms with Crippen molar-refractivity contribution in [3.05, 3.63) is 23.4 Å². The van der Waals surface area contributed by atoms with Crippen molar-refractivity contribution in [1.29, 1.82) is 0 Å². The molecule has 0 N–H and O–H groups in total. The third-order valence-electron chi connectivity index (χ3n) is 1.26. The molecular weight excluding hydrogens is 100 g/mol. The highest BCUT2D eigenvalue weighted by Gasteiger charge is 1.90. The number of hydrogen-bond acceptors (Lipinski definition) is 0. The van der Waals surface area contributed by atoms with Gasteiger partial charge in [0.1, 0.15) is 0 Å². The van der Waals surface area contributed by atoms with Gasteiger partial charge in [0.2, 0.25) is 0 Å². The summed E-state index contributed by atoms with van der Waals surface area (Å²) in [7, 11) is 0.165. The topological polar surface area (TPSA) is 0 Å². The van der Waals surface area contributed by atoms with E-state index in [-0.39, 0.29) is 9.52 Å². The molecule has 0 saturated carbocycles. The lowest BCUT2D eigenvalue weighted by molar-refractivity contribution is 1.45. The van der Waals surface area contributed by atoms with E-state index in [4.69, 9.17) is 0 Å². The van der Waals surface area contributed by atoms with Gasteiger partial charge in [-0.2, -0.15) is 0 Å². The normalized spacial score (nSPS) is 19.3. The second-order valence-corrected chi connectivity index (χ2v) is 3.29. The molecule has 0 fully saturated rings. The summed E-state index contributed by atoms with van der Waals surface area (Å²) in [5, 5.41) is 1.63. The molecule has 1 heteroatoms. The third-order valence-corrected chi connectivity index (χ3v) is 2.60. The summed E-state index contributed by atoms with van der Waals surface area (Å²) in [6, 6.07) is 0. The molecule has 38 valence electrons. The van der Waals surface area contributed by atoms with E-state index in [1.165, 1.54) is 6.42 Å². The fourth-order valence-electron chi connectivity index (χ4n) is 0.769. The van der Waals surface area contributed by atoms with E-state index in [0.29, 0.717) is 0 Å². The predicted molar refractivity (Wildman–Crippen MR) is 36.2 cm³/mol. The SMILES string of the molecule is C[SiH2]C1=CCC=C1. The minimum atomic E-state index is 0.165. The van der Waals surface area contributed by atoms with Gasteiger partial charge in [0.05, 0.1) is 9.52 Å². The van der Waals surface area contributed by atoms with E-state index < -0.39 is 0 Å². The molecule has 0 bridgehead atoms. The molecule has 0 heterocycles. The molecule has 0 unspecified atom stereocenters. The summed E-state index contributed by atoms with van der Waals surface area (Å²) in [6.45, 7) is 2.32. The van der Waals surface area contributed by atoms with Crippen LogP contribution in [0.15, 0.2) is 23.4 Å². The molecule has 7 heavy (non-hydrogen) atoms. The fourth-order valence-corrected chi connectivity index (χ4v) is 1.63. The Kier molecular flexibility index (Phi) is 1.47. The van der Waals surface area contributed by atoms with E-state index in [1.807, 2.05) is 0 Å². The van der Waals surface area contributed by atoms with Crippen molar-refractivity contribution in [1.82, 2.24) is 0 Å². The minimum Gasteiger partial charge on any atom is -0.0822 e. The van der Waals surface area contributed by atoms with E-state index in [9.17, 15) is 0 Å². The molecule has 1 aliphatic carbocycles. The van der Waals surface area contributed by atoms with Crippen LogP contribution in [0.3, 0.4) is 0 Å². The summed E-state index contributed by atoms with van der Waals surface area (Å²) < 4.78 is 0. The van der Waals surface area contributed by atoms with Gasteiger partial charge < -0.3 is 0 Å². The summed E-state index contributed by atoms with van der Waals surface area (Å²) in [6.07, 6.45) is 8.00. The van der Waals surface area contributed by atoms with Crippen LogP contribution in [0.5, 0.6) is 0 Å². The molecule has 0 atom stereocenters. The van der Waals surface area contributed by atoms with Crippen molar-refractivity contribution in [3.63, 3.8) is 0 Å². The lowest BCUT2D eigenvalue weighted by atomic mass is 10.5. The van der Waals surface area contributed by atoms with Crippen LogP contribution in [0.1, 0.15) is 6.42 Å². The standard InChI is InChI=1S/C6H10Si/c1-7-6-4-2-3-5-6/h2,4-5H,3,7H2,1H3. The Bertz CT molecular complexity index is 111. The molecule has 0 amide bonds. The molecule has 1 rings (SSSR count). The van der Waals surface area contributed by atoms with Crippen LogP contribution in [0.4, 0.5) is 0 Å². The number of rotatable bonds is 1. The second kappa shape index (κ2) is 2.12. The smallest absolute Gasteiger partial charge is 0.0512 e. The fraction of sp³-hybridized carbons (Fsp3) is 0.333. The zero-order chi connectivity index (χ0) is 5.11. The maximum Gasteiger partial charge on any atom is 0.0512 e. The van der Waals surface area contributed by atoms with Crippen molar-refractivity contribution >= 4 is 9.52 Å². The van der Waals surface area contributed by atoms with Crippen LogP contribution >= 0.6 is 0 Å². The number of allylic oxidation sites excluding steroid dienone is 4. The maximum absolute atomic E-state index is 2.33. The first-order chi connectivity index (χ1) is 3.43. The first-order valence-corrected chi connectivity index (χ1v) is 4.91. The molecule has 0 nitrogen and oxygen atoms in total. The van der Waals surface area contributed by atoms with Crippen LogP contribution in [0.25, 0.3) is 0 Å². The molecule has 1 aliphatic rings. The molecule has 0 aromatic heterocycles. The van der Waals surface area contributed by atoms with Gasteiger partial charge in [-0.05, 0) is 6.42 Å². The average molecular weight is 110 g/mol. The van der Waals surface area contributed by atoms with Gasteiger partial charge in [0.15, 0.2) is 0 Å². The monoisotopic (exact) mass is 110 g/mol. The highest BCUT2D eigenvalue weighted by Crippen LogP contribution is 2.05. The maximum atomic E-state index is 2.33. The second-order valence-electron chi connectivity index (χ2n) is 1.77. The van der Waals surface area contributed by atoms with Crippen LogP contribution in [0.2, 0.25) is 6.55 Å². The Morgan fingerprint density at radius 2 is 2.57 bits per heavy atom. The van der Waals surface area contributed by atoms with Crippen molar-refractivity contribution in [2.75, 3.05) is 0 Å². The Hall–Kier alpha value is -0.303. The largest absolute Gasteiger partial charge is 0.0822 e. The molecule has 0 saturated heterocycles. The summed E-state index contributed by atoms with van der Waals surface area (Å²) >= 11 is 0. The Morgan fingerprint density at radius 1 is 1.71 bits per heavy atom. The molecular formula is C6H10Si. The molecule has 0 radical (unpaired) electrons. The zero-order valence-corrected chi connectivity index (χ0v) is 6.06. The van der Waals surface area contributed by atoms with Crippen molar-refractivity contribution in [2.24, 2.45) is 0 Å². The van der Waals surface area contributed by atoms with Crippen LogP contribution < -0.4 is 0 Å². The number of hydrogen-bond donors (Lipinski definition) is 0. The van der Waals surface area contributed by atoms with Gasteiger partial charge in [-0.25, -0.2) is 0 Å². The lowest BCUT2D eigenvalue weighted by Gasteiger charge is -1.83. The first kappa shape index (κ1) is 4.85. The summed E-state index contributed by atoms with van der Waals surface area (Å²) in [5.41, 5.74) is 0.